The van der Waals surface area contributed by atoms with E-state index in [-0.39, 0.29) is 17.3 Å². The van der Waals surface area contributed by atoms with Crippen molar-refractivity contribution in [3.05, 3.63) is 125 Å². The number of nitrogens with zero attached hydrogens (tertiary/aromatic N) is 2. The Morgan fingerprint density at radius 2 is 1.58 bits per heavy atom. The van der Waals surface area contributed by atoms with Gasteiger partial charge in [0.15, 0.2) is 17.3 Å². The first-order valence-electron chi connectivity index (χ1n) is 12.4. The predicted molar refractivity (Wildman–Crippen MR) is 139 cm³/mol. The van der Waals surface area contributed by atoms with Gasteiger partial charge in [-0.15, -0.1) is 0 Å². The number of methoxy groups -OCH3 is 1. The average molecular weight is 503 g/mol. The van der Waals surface area contributed by atoms with Gasteiger partial charge in [0.1, 0.15) is 23.0 Å². The standard InChI is InChI=1S/C31H22N2O5/c1-37-20-14-12-18(13-15-20)27(34)26-25(24-11-6-16-38-24)31(29(35)22-9-4-5-10-23(22)30(31)36)28-21-8-3-2-7-19(21)17-32-33(26)28/h2-17,25-26,28H,1H3/t25-,26-,28-/m0/s1. The SMILES string of the molecule is COc1ccc(C(=O)[C@@H]2[C@H](c3ccco3)C3(C(=O)c4ccccc4C3=O)[C@@H]3c4ccccc4C=NN23)cc1. The lowest BCUT2D eigenvalue weighted by Gasteiger charge is -2.36. The van der Waals surface area contributed by atoms with E-state index in [1.54, 1.807) is 79.0 Å². The zero-order valence-electron chi connectivity index (χ0n) is 20.4. The molecule has 1 aromatic heterocycles. The van der Waals surface area contributed by atoms with Crippen molar-refractivity contribution in [2.45, 2.75) is 18.0 Å². The quantitative estimate of drug-likeness (QED) is 0.285. The van der Waals surface area contributed by atoms with Gasteiger partial charge < -0.3 is 9.15 Å². The van der Waals surface area contributed by atoms with Crippen LogP contribution in [0.5, 0.6) is 5.75 Å². The Morgan fingerprint density at radius 3 is 2.24 bits per heavy atom. The number of fused-ring (bicyclic) bond motifs is 5. The molecule has 1 saturated heterocycles. The molecule has 0 bridgehead atoms. The van der Waals surface area contributed by atoms with Crippen molar-refractivity contribution >= 4 is 23.6 Å². The molecular formula is C31H22N2O5. The van der Waals surface area contributed by atoms with Gasteiger partial charge in [-0.05, 0) is 47.5 Å². The van der Waals surface area contributed by atoms with Gasteiger partial charge in [0.05, 0.1) is 31.5 Å². The molecule has 7 nitrogen and oxygen atoms in total. The smallest absolute Gasteiger partial charge is 0.187 e. The number of Topliss-reactive ketones (excluding diaryl/α,β-unsaturated/α-hetero) is 3. The molecule has 0 saturated carbocycles. The second-order valence-corrected chi connectivity index (χ2v) is 9.76. The van der Waals surface area contributed by atoms with Crippen LogP contribution in [0.4, 0.5) is 0 Å². The minimum atomic E-state index is -1.64. The lowest BCUT2D eigenvalue weighted by Crippen LogP contribution is -2.43. The molecule has 0 amide bonds. The lowest BCUT2D eigenvalue weighted by molar-refractivity contribution is 0.0579. The number of rotatable bonds is 4. The normalized spacial score (nSPS) is 22.3. The zero-order valence-corrected chi connectivity index (χ0v) is 20.4. The summed E-state index contributed by atoms with van der Waals surface area (Å²) in [5.74, 6) is -0.783. The summed E-state index contributed by atoms with van der Waals surface area (Å²) < 4.78 is 11.2. The fourth-order valence-electron chi connectivity index (χ4n) is 6.48. The van der Waals surface area contributed by atoms with E-state index < -0.39 is 23.4 Å². The number of hydrazone groups is 1. The Labute approximate surface area is 218 Å². The van der Waals surface area contributed by atoms with E-state index >= 15 is 0 Å². The van der Waals surface area contributed by atoms with Gasteiger partial charge in [0.25, 0.3) is 0 Å². The first-order chi connectivity index (χ1) is 18.6. The van der Waals surface area contributed by atoms with Crippen molar-refractivity contribution < 1.29 is 23.5 Å². The van der Waals surface area contributed by atoms with Crippen LogP contribution in [0.2, 0.25) is 0 Å². The fraction of sp³-hybridized carbons (Fsp3) is 0.161. The summed E-state index contributed by atoms with van der Waals surface area (Å²) >= 11 is 0. The van der Waals surface area contributed by atoms with E-state index in [0.717, 1.165) is 11.1 Å². The highest BCUT2D eigenvalue weighted by atomic mass is 16.5. The molecule has 1 spiro atoms. The minimum Gasteiger partial charge on any atom is -0.497 e. The number of carbonyl (C=O) groups is 3. The molecule has 3 aromatic carbocycles. The number of benzene rings is 3. The maximum absolute atomic E-state index is 14.5. The second kappa shape index (κ2) is 8.11. The van der Waals surface area contributed by atoms with Crippen LogP contribution in [0.15, 0.2) is 101 Å². The predicted octanol–water partition coefficient (Wildman–Crippen LogP) is 5.09. The number of carbonyl (C=O) groups excluding carboxylic acids is 3. The van der Waals surface area contributed by atoms with Crippen LogP contribution in [0.3, 0.4) is 0 Å². The fourth-order valence-corrected chi connectivity index (χ4v) is 6.48. The number of hydrogen-bond acceptors (Lipinski definition) is 7. The summed E-state index contributed by atoms with van der Waals surface area (Å²) in [4.78, 5) is 43.4. The van der Waals surface area contributed by atoms with Gasteiger partial charge in [-0.3, -0.25) is 19.4 Å². The van der Waals surface area contributed by atoms with E-state index in [1.807, 2.05) is 24.3 Å². The molecule has 3 aliphatic rings. The van der Waals surface area contributed by atoms with Gasteiger partial charge in [-0.2, -0.15) is 5.10 Å². The van der Waals surface area contributed by atoms with Gasteiger partial charge in [0, 0.05) is 16.7 Å². The number of ketones is 3. The monoisotopic (exact) mass is 502 g/mol. The molecule has 38 heavy (non-hydrogen) atoms. The summed E-state index contributed by atoms with van der Waals surface area (Å²) in [5.41, 5.74) is 1.09. The minimum absolute atomic E-state index is 0.260. The number of hydrogen-bond donors (Lipinski definition) is 0. The van der Waals surface area contributed by atoms with Gasteiger partial charge >= 0.3 is 0 Å². The topological polar surface area (TPSA) is 89.2 Å². The molecule has 3 heterocycles. The second-order valence-electron chi connectivity index (χ2n) is 9.76. The van der Waals surface area contributed by atoms with Crippen LogP contribution >= 0.6 is 0 Å². The average Bonchev–Trinajstić information content (AvgIpc) is 3.66. The highest BCUT2D eigenvalue weighted by molar-refractivity contribution is 6.31. The Bertz CT molecular complexity index is 1600. The molecule has 1 aliphatic carbocycles. The van der Waals surface area contributed by atoms with Crippen LogP contribution in [-0.4, -0.2) is 41.7 Å². The summed E-state index contributed by atoms with van der Waals surface area (Å²) in [7, 11) is 1.56. The van der Waals surface area contributed by atoms with E-state index in [9.17, 15) is 14.4 Å². The third-order valence-corrected chi connectivity index (χ3v) is 8.07. The third-order valence-electron chi connectivity index (χ3n) is 8.07. The van der Waals surface area contributed by atoms with Crippen molar-refractivity contribution in [2.24, 2.45) is 10.5 Å². The maximum Gasteiger partial charge on any atom is 0.187 e. The summed E-state index contributed by atoms with van der Waals surface area (Å²) in [6.07, 6.45) is 3.19. The molecule has 1 fully saturated rings. The highest BCUT2D eigenvalue weighted by Gasteiger charge is 2.73. The zero-order chi connectivity index (χ0) is 26.0. The van der Waals surface area contributed by atoms with Gasteiger partial charge in [0.2, 0.25) is 0 Å². The van der Waals surface area contributed by atoms with Crippen molar-refractivity contribution in [3.8, 4) is 5.75 Å². The molecule has 0 radical (unpaired) electrons. The Kier molecular flexibility index (Phi) is 4.79. The van der Waals surface area contributed by atoms with Gasteiger partial charge in [-0.1, -0.05) is 48.5 Å². The van der Waals surface area contributed by atoms with Crippen LogP contribution in [-0.2, 0) is 0 Å². The summed E-state index contributed by atoms with van der Waals surface area (Å²) in [6, 6.07) is 23.0. The van der Waals surface area contributed by atoms with Crippen molar-refractivity contribution in [2.75, 3.05) is 7.11 Å². The summed E-state index contributed by atoms with van der Waals surface area (Å²) in [6.45, 7) is 0. The van der Waals surface area contributed by atoms with Crippen LogP contribution in [0, 0.1) is 5.41 Å². The first-order valence-corrected chi connectivity index (χ1v) is 12.4. The van der Waals surface area contributed by atoms with Crippen molar-refractivity contribution in [3.63, 3.8) is 0 Å². The maximum atomic E-state index is 14.5. The molecule has 0 N–H and O–H groups in total. The van der Waals surface area contributed by atoms with Crippen LogP contribution < -0.4 is 4.74 Å². The van der Waals surface area contributed by atoms with E-state index in [0.29, 0.717) is 28.2 Å². The van der Waals surface area contributed by atoms with Crippen LogP contribution in [0.1, 0.15) is 59.9 Å². The summed E-state index contributed by atoms with van der Waals surface area (Å²) in [5, 5.41) is 6.38. The van der Waals surface area contributed by atoms with E-state index in [2.05, 4.69) is 0 Å². The largest absolute Gasteiger partial charge is 0.497 e. The Balaban J connectivity index is 1.51. The molecule has 7 heteroatoms. The van der Waals surface area contributed by atoms with E-state index in [1.165, 1.54) is 6.26 Å². The molecular weight excluding hydrogens is 480 g/mol. The number of ether oxygens (including phenoxy) is 1. The van der Waals surface area contributed by atoms with Crippen molar-refractivity contribution in [1.82, 2.24) is 5.01 Å². The highest BCUT2D eigenvalue weighted by Crippen LogP contribution is 2.64. The van der Waals surface area contributed by atoms with Crippen molar-refractivity contribution in [1.29, 1.82) is 0 Å². The van der Waals surface area contributed by atoms with Gasteiger partial charge in [-0.25, -0.2) is 0 Å². The third kappa shape index (κ3) is 2.78. The number of furan rings is 1. The molecule has 3 atom stereocenters. The molecule has 4 aromatic rings. The molecule has 0 unspecified atom stereocenters. The Hall–Kier alpha value is -4.78. The van der Waals surface area contributed by atoms with E-state index in [4.69, 9.17) is 14.3 Å². The Morgan fingerprint density at radius 1 is 0.895 bits per heavy atom. The van der Waals surface area contributed by atoms with Crippen LogP contribution in [0.25, 0.3) is 0 Å². The molecule has 7 rings (SSSR count). The first kappa shape index (κ1) is 22.4. The molecule has 186 valence electrons. The lowest BCUT2D eigenvalue weighted by atomic mass is 9.64. The molecule has 2 aliphatic heterocycles.